The Bertz CT molecular complexity index is 845. The van der Waals surface area contributed by atoms with Gasteiger partial charge in [0.1, 0.15) is 16.5 Å². The van der Waals surface area contributed by atoms with Gasteiger partial charge in [0, 0.05) is 6.07 Å². The van der Waals surface area contributed by atoms with Gasteiger partial charge in [-0.3, -0.25) is 4.72 Å². The molecule has 0 aliphatic carbocycles. The summed E-state index contributed by atoms with van der Waals surface area (Å²) in [4.78, 5) is -0.774. The van der Waals surface area contributed by atoms with Gasteiger partial charge in [-0.2, -0.15) is 5.26 Å². The molecule has 0 fully saturated rings. The molecular formula is C13H9F2N3O2S. The second-order valence-corrected chi connectivity index (χ2v) is 5.75. The first-order chi connectivity index (χ1) is 9.83. The lowest BCUT2D eigenvalue weighted by molar-refractivity contribution is 0.553. The Morgan fingerprint density at radius 3 is 2.52 bits per heavy atom. The highest BCUT2D eigenvalue weighted by atomic mass is 32.2. The molecule has 5 nitrogen and oxygen atoms in total. The third-order valence-electron chi connectivity index (χ3n) is 2.58. The minimum atomic E-state index is -4.29. The van der Waals surface area contributed by atoms with E-state index in [1.807, 2.05) is 6.07 Å². The number of sulfonamides is 1. The molecule has 0 aromatic heterocycles. The van der Waals surface area contributed by atoms with E-state index in [4.69, 9.17) is 11.0 Å². The van der Waals surface area contributed by atoms with E-state index in [0.29, 0.717) is 12.1 Å². The topological polar surface area (TPSA) is 96.0 Å². The zero-order valence-electron chi connectivity index (χ0n) is 10.5. The zero-order valence-corrected chi connectivity index (χ0v) is 11.3. The van der Waals surface area contributed by atoms with Gasteiger partial charge in [-0.15, -0.1) is 0 Å². The number of hydrogen-bond donors (Lipinski definition) is 2. The molecule has 0 aliphatic heterocycles. The van der Waals surface area contributed by atoms with Crippen molar-refractivity contribution in [2.45, 2.75) is 4.90 Å². The summed E-state index contributed by atoms with van der Waals surface area (Å²) < 4.78 is 52.9. The Morgan fingerprint density at radius 1 is 1.14 bits per heavy atom. The molecule has 0 bridgehead atoms. The van der Waals surface area contributed by atoms with E-state index < -0.39 is 32.2 Å². The van der Waals surface area contributed by atoms with Gasteiger partial charge in [-0.05, 0) is 24.3 Å². The molecule has 0 unspecified atom stereocenters. The SMILES string of the molecule is N#Cc1cccc(NS(=O)(=O)c2cc(N)c(F)cc2F)c1. The number of nitrogen functional groups attached to an aromatic ring is 1. The molecule has 0 atom stereocenters. The number of benzene rings is 2. The predicted octanol–water partition coefficient (Wildman–Crippen LogP) is 2.22. The molecule has 2 rings (SSSR count). The van der Waals surface area contributed by atoms with Crippen molar-refractivity contribution in [2.24, 2.45) is 0 Å². The highest BCUT2D eigenvalue weighted by Gasteiger charge is 2.21. The average molecular weight is 309 g/mol. The molecule has 108 valence electrons. The first-order valence-electron chi connectivity index (χ1n) is 5.61. The van der Waals surface area contributed by atoms with Crippen LogP contribution >= 0.6 is 0 Å². The fourth-order valence-corrected chi connectivity index (χ4v) is 2.76. The van der Waals surface area contributed by atoms with Crippen molar-refractivity contribution >= 4 is 21.4 Å². The molecule has 0 spiro atoms. The molecule has 21 heavy (non-hydrogen) atoms. The lowest BCUT2D eigenvalue weighted by atomic mass is 10.2. The van der Waals surface area contributed by atoms with Crippen molar-refractivity contribution < 1.29 is 17.2 Å². The van der Waals surface area contributed by atoms with E-state index in [2.05, 4.69) is 4.72 Å². The molecule has 0 saturated carbocycles. The van der Waals surface area contributed by atoms with Crippen LogP contribution in [0.1, 0.15) is 5.56 Å². The summed E-state index contributed by atoms with van der Waals surface area (Å²) in [6, 6.07) is 8.55. The lowest BCUT2D eigenvalue weighted by Crippen LogP contribution is -2.15. The summed E-state index contributed by atoms with van der Waals surface area (Å²) >= 11 is 0. The van der Waals surface area contributed by atoms with Crippen LogP contribution in [-0.2, 0) is 10.0 Å². The fourth-order valence-electron chi connectivity index (χ4n) is 1.61. The summed E-state index contributed by atoms with van der Waals surface area (Å²) in [6.45, 7) is 0. The summed E-state index contributed by atoms with van der Waals surface area (Å²) in [5, 5.41) is 8.74. The molecule has 0 amide bonds. The van der Waals surface area contributed by atoms with Crippen molar-refractivity contribution in [3.05, 3.63) is 53.6 Å². The number of nitrogens with one attached hydrogen (secondary N) is 1. The molecule has 0 aliphatic rings. The average Bonchev–Trinajstić information content (AvgIpc) is 2.42. The van der Waals surface area contributed by atoms with Gasteiger partial charge in [0.2, 0.25) is 0 Å². The molecule has 0 saturated heterocycles. The van der Waals surface area contributed by atoms with Gasteiger partial charge >= 0.3 is 0 Å². The number of hydrogen-bond acceptors (Lipinski definition) is 4. The molecule has 8 heteroatoms. The maximum atomic E-state index is 13.6. The Balaban J connectivity index is 2.43. The molecule has 0 heterocycles. The van der Waals surface area contributed by atoms with E-state index >= 15 is 0 Å². The van der Waals surface area contributed by atoms with Crippen LogP contribution in [0.4, 0.5) is 20.2 Å². The number of nitrogens with zero attached hydrogens (tertiary/aromatic N) is 1. The number of halogens is 2. The van der Waals surface area contributed by atoms with Crippen LogP contribution < -0.4 is 10.5 Å². The number of anilines is 2. The quantitative estimate of drug-likeness (QED) is 0.850. The Hall–Kier alpha value is -2.66. The lowest BCUT2D eigenvalue weighted by Gasteiger charge is -2.10. The number of nitriles is 1. The second kappa shape index (κ2) is 5.38. The van der Waals surface area contributed by atoms with Crippen molar-refractivity contribution in [3.63, 3.8) is 0 Å². The van der Waals surface area contributed by atoms with E-state index in [1.165, 1.54) is 24.3 Å². The van der Waals surface area contributed by atoms with E-state index in [1.54, 1.807) is 0 Å². The molecule has 0 radical (unpaired) electrons. The van der Waals surface area contributed by atoms with Crippen molar-refractivity contribution in [1.82, 2.24) is 0 Å². The van der Waals surface area contributed by atoms with E-state index in [-0.39, 0.29) is 11.3 Å². The zero-order chi connectivity index (χ0) is 15.6. The molecule has 3 N–H and O–H groups in total. The predicted molar refractivity (Wildman–Crippen MR) is 72.7 cm³/mol. The Morgan fingerprint density at radius 2 is 1.86 bits per heavy atom. The number of rotatable bonds is 3. The van der Waals surface area contributed by atoms with E-state index in [9.17, 15) is 17.2 Å². The smallest absolute Gasteiger partial charge is 0.264 e. The van der Waals surface area contributed by atoms with Crippen LogP contribution in [-0.4, -0.2) is 8.42 Å². The third-order valence-corrected chi connectivity index (χ3v) is 3.98. The summed E-state index contributed by atoms with van der Waals surface area (Å²) in [5.41, 5.74) is 5.08. The Kier molecular flexibility index (Phi) is 3.78. The molecule has 2 aromatic rings. The first kappa shape index (κ1) is 14.7. The minimum absolute atomic E-state index is 0.0800. The maximum absolute atomic E-state index is 13.6. The van der Waals surface area contributed by atoms with Crippen LogP contribution in [0.25, 0.3) is 0 Å². The largest absolute Gasteiger partial charge is 0.396 e. The van der Waals surface area contributed by atoms with Gasteiger partial charge in [0.15, 0.2) is 0 Å². The highest BCUT2D eigenvalue weighted by Crippen LogP contribution is 2.23. The highest BCUT2D eigenvalue weighted by molar-refractivity contribution is 7.92. The van der Waals surface area contributed by atoms with Crippen LogP contribution in [0.2, 0.25) is 0 Å². The Labute approximate surface area is 119 Å². The van der Waals surface area contributed by atoms with E-state index in [0.717, 1.165) is 0 Å². The fraction of sp³-hybridized carbons (Fsp3) is 0. The van der Waals surface area contributed by atoms with Gasteiger partial charge in [-0.1, -0.05) is 6.07 Å². The standard InChI is InChI=1S/C13H9F2N3O2S/c14-10-5-11(15)13(6-12(10)17)21(19,20)18-9-3-1-2-8(4-9)7-16/h1-6,18H,17H2. The van der Waals surface area contributed by atoms with Crippen LogP contribution in [0.5, 0.6) is 0 Å². The van der Waals surface area contributed by atoms with Gasteiger partial charge in [0.25, 0.3) is 10.0 Å². The third kappa shape index (κ3) is 3.09. The first-order valence-corrected chi connectivity index (χ1v) is 7.09. The van der Waals surface area contributed by atoms with Gasteiger partial charge in [-0.25, -0.2) is 17.2 Å². The van der Waals surface area contributed by atoms with Gasteiger partial charge < -0.3 is 5.73 Å². The normalized spacial score (nSPS) is 10.9. The van der Waals surface area contributed by atoms with Crippen LogP contribution in [0, 0.1) is 23.0 Å². The van der Waals surface area contributed by atoms with Crippen molar-refractivity contribution in [1.29, 1.82) is 5.26 Å². The monoisotopic (exact) mass is 309 g/mol. The maximum Gasteiger partial charge on any atom is 0.264 e. The number of nitrogens with two attached hydrogens (primary N) is 1. The summed E-state index contributed by atoms with van der Waals surface area (Å²) in [5.74, 6) is -2.30. The van der Waals surface area contributed by atoms with Crippen molar-refractivity contribution in [3.8, 4) is 6.07 Å². The van der Waals surface area contributed by atoms with Crippen LogP contribution in [0.3, 0.4) is 0 Å². The van der Waals surface area contributed by atoms with Crippen molar-refractivity contribution in [2.75, 3.05) is 10.5 Å². The second-order valence-electron chi connectivity index (χ2n) is 4.10. The summed E-state index contributed by atoms with van der Waals surface area (Å²) in [6.07, 6.45) is 0. The minimum Gasteiger partial charge on any atom is -0.396 e. The molecule has 2 aromatic carbocycles. The van der Waals surface area contributed by atoms with Crippen LogP contribution in [0.15, 0.2) is 41.3 Å². The summed E-state index contributed by atoms with van der Waals surface area (Å²) in [7, 11) is -4.29. The van der Waals surface area contributed by atoms with Gasteiger partial charge in [0.05, 0.1) is 23.0 Å². The molecular weight excluding hydrogens is 300 g/mol.